The SMILES string of the molecule is CC1=NN(c2ccccc2)C(=O)C1C(CC(=O)C1=C(C)Oc2ccccc2C1O)c1ccc(Cl)cc1. The van der Waals surface area contributed by atoms with Crippen LogP contribution >= 0.6 is 11.6 Å². The molecule has 182 valence electrons. The molecule has 3 aromatic rings. The van der Waals surface area contributed by atoms with Gasteiger partial charge in [0.15, 0.2) is 5.78 Å². The van der Waals surface area contributed by atoms with E-state index in [4.69, 9.17) is 16.3 Å². The summed E-state index contributed by atoms with van der Waals surface area (Å²) in [5.41, 5.74) is 2.82. The van der Waals surface area contributed by atoms with Crippen LogP contribution in [-0.4, -0.2) is 22.5 Å². The fourth-order valence-electron chi connectivity index (χ4n) is 4.96. The largest absolute Gasteiger partial charge is 0.461 e. The van der Waals surface area contributed by atoms with Gasteiger partial charge in [-0.3, -0.25) is 9.59 Å². The average molecular weight is 501 g/mol. The van der Waals surface area contributed by atoms with Gasteiger partial charge in [0.1, 0.15) is 17.6 Å². The van der Waals surface area contributed by atoms with E-state index in [2.05, 4.69) is 5.10 Å². The highest BCUT2D eigenvalue weighted by Crippen LogP contribution is 2.41. The number of carbonyl (C=O) groups is 2. The summed E-state index contributed by atoms with van der Waals surface area (Å²) in [7, 11) is 0. The van der Waals surface area contributed by atoms with Gasteiger partial charge < -0.3 is 9.84 Å². The fraction of sp³-hybridized carbons (Fsp3) is 0.207. The van der Waals surface area contributed by atoms with Gasteiger partial charge >= 0.3 is 0 Å². The molecule has 0 saturated heterocycles. The van der Waals surface area contributed by atoms with Gasteiger partial charge in [-0.05, 0) is 49.7 Å². The first-order chi connectivity index (χ1) is 17.3. The summed E-state index contributed by atoms with van der Waals surface area (Å²) in [5, 5.41) is 17.6. The van der Waals surface area contributed by atoms with Crippen LogP contribution in [0.15, 0.2) is 95.3 Å². The highest BCUT2D eigenvalue weighted by molar-refractivity contribution is 6.30. The number of hydrogen-bond donors (Lipinski definition) is 1. The second kappa shape index (κ2) is 9.72. The van der Waals surface area contributed by atoms with Crippen molar-refractivity contribution in [2.75, 3.05) is 5.01 Å². The molecular weight excluding hydrogens is 476 g/mol. The summed E-state index contributed by atoms with van der Waals surface area (Å²) in [6.45, 7) is 3.48. The molecule has 1 N–H and O–H groups in total. The number of amides is 1. The zero-order valence-corrected chi connectivity index (χ0v) is 20.6. The van der Waals surface area contributed by atoms with E-state index < -0.39 is 17.9 Å². The molecule has 0 saturated carbocycles. The van der Waals surface area contributed by atoms with E-state index in [9.17, 15) is 14.7 Å². The maximum absolute atomic E-state index is 13.7. The zero-order chi connectivity index (χ0) is 25.4. The lowest BCUT2D eigenvalue weighted by atomic mass is 9.78. The topological polar surface area (TPSA) is 79.2 Å². The summed E-state index contributed by atoms with van der Waals surface area (Å²) >= 11 is 6.13. The molecule has 2 heterocycles. The third kappa shape index (κ3) is 4.34. The first-order valence-electron chi connectivity index (χ1n) is 11.7. The van der Waals surface area contributed by atoms with Gasteiger partial charge in [0.05, 0.1) is 17.2 Å². The number of Topliss-reactive ketones (excluding diaryl/α,β-unsaturated/α-hetero) is 1. The van der Waals surface area contributed by atoms with Crippen molar-refractivity contribution in [2.45, 2.75) is 32.3 Å². The Morgan fingerprint density at radius 2 is 1.69 bits per heavy atom. The van der Waals surface area contributed by atoms with Gasteiger partial charge in [-0.2, -0.15) is 5.10 Å². The normalized spacial score (nSPS) is 20.1. The molecule has 3 atom stereocenters. The quantitative estimate of drug-likeness (QED) is 0.462. The number of aliphatic hydroxyl groups is 1. The van der Waals surface area contributed by atoms with Crippen LogP contribution in [0.5, 0.6) is 5.75 Å². The Bertz CT molecular complexity index is 1380. The molecule has 0 radical (unpaired) electrons. The van der Waals surface area contributed by atoms with E-state index in [0.29, 0.717) is 33.5 Å². The molecule has 36 heavy (non-hydrogen) atoms. The van der Waals surface area contributed by atoms with Gasteiger partial charge in [0.25, 0.3) is 5.91 Å². The number of rotatable bonds is 6. The second-order valence-electron chi connectivity index (χ2n) is 9.00. The number of hydrazone groups is 1. The molecule has 1 amide bonds. The van der Waals surface area contributed by atoms with Crippen molar-refractivity contribution >= 4 is 34.7 Å². The number of ether oxygens (including phenoxy) is 1. The lowest BCUT2D eigenvalue weighted by molar-refractivity contribution is -0.121. The van der Waals surface area contributed by atoms with E-state index in [-0.39, 0.29) is 23.7 Å². The van der Waals surface area contributed by atoms with Crippen LogP contribution in [0.1, 0.15) is 43.4 Å². The van der Waals surface area contributed by atoms with Crippen molar-refractivity contribution in [3.05, 3.63) is 106 Å². The van der Waals surface area contributed by atoms with Gasteiger partial charge in [0.2, 0.25) is 0 Å². The molecule has 0 bridgehead atoms. The van der Waals surface area contributed by atoms with Gasteiger partial charge in [-0.25, -0.2) is 5.01 Å². The number of halogens is 1. The Hall–Kier alpha value is -3.74. The predicted octanol–water partition coefficient (Wildman–Crippen LogP) is 5.82. The Morgan fingerprint density at radius 3 is 2.42 bits per heavy atom. The number of allylic oxidation sites excluding steroid dienone is 1. The van der Waals surface area contributed by atoms with Crippen molar-refractivity contribution < 1.29 is 19.4 Å². The smallest absolute Gasteiger partial charge is 0.256 e. The van der Waals surface area contributed by atoms with Gasteiger partial charge in [-0.15, -0.1) is 0 Å². The summed E-state index contributed by atoms with van der Waals surface area (Å²) < 4.78 is 5.86. The van der Waals surface area contributed by atoms with E-state index >= 15 is 0 Å². The van der Waals surface area contributed by atoms with Crippen LogP contribution in [0.2, 0.25) is 5.02 Å². The first-order valence-corrected chi connectivity index (χ1v) is 12.1. The number of para-hydroxylation sites is 2. The molecule has 3 aromatic carbocycles. The molecule has 2 aliphatic heterocycles. The number of hydrogen-bond acceptors (Lipinski definition) is 5. The monoisotopic (exact) mass is 500 g/mol. The fourth-order valence-corrected chi connectivity index (χ4v) is 5.09. The van der Waals surface area contributed by atoms with Crippen molar-refractivity contribution in [1.82, 2.24) is 0 Å². The van der Waals surface area contributed by atoms with Crippen molar-refractivity contribution in [2.24, 2.45) is 11.0 Å². The van der Waals surface area contributed by atoms with E-state index in [1.54, 1.807) is 44.2 Å². The van der Waals surface area contributed by atoms with Crippen molar-refractivity contribution in [3.8, 4) is 5.75 Å². The van der Waals surface area contributed by atoms with E-state index in [1.165, 1.54) is 5.01 Å². The standard InChI is InChI=1S/C29H25ClN2O4/c1-17-26(29(35)32(31-17)21-8-4-3-5-9-21)23(19-12-14-20(30)15-13-19)16-24(33)27-18(2)36-25-11-7-6-10-22(25)28(27)34/h3-15,23,26,28,34H,16H2,1-2H3. The number of aliphatic hydroxyl groups excluding tert-OH is 1. The maximum Gasteiger partial charge on any atom is 0.256 e. The van der Waals surface area contributed by atoms with Gasteiger partial charge in [0, 0.05) is 28.6 Å². The Kier molecular flexibility index (Phi) is 6.48. The predicted molar refractivity (Wildman–Crippen MR) is 139 cm³/mol. The highest BCUT2D eigenvalue weighted by Gasteiger charge is 2.42. The minimum Gasteiger partial charge on any atom is -0.461 e. The zero-order valence-electron chi connectivity index (χ0n) is 19.9. The summed E-state index contributed by atoms with van der Waals surface area (Å²) in [5.74, 6) is -0.762. The third-order valence-corrected chi connectivity index (χ3v) is 6.97. The van der Waals surface area contributed by atoms with E-state index in [0.717, 1.165) is 5.56 Å². The van der Waals surface area contributed by atoms with Crippen LogP contribution in [0.3, 0.4) is 0 Å². The molecule has 3 unspecified atom stereocenters. The summed E-state index contributed by atoms with van der Waals surface area (Å²) in [4.78, 5) is 27.3. The maximum atomic E-state index is 13.7. The number of nitrogens with zero attached hydrogens (tertiary/aromatic N) is 2. The molecule has 0 aliphatic carbocycles. The Morgan fingerprint density at radius 1 is 1.03 bits per heavy atom. The molecule has 5 rings (SSSR count). The lowest BCUT2D eigenvalue weighted by Gasteiger charge is -2.28. The van der Waals surface area contributed by atoms with Crippen LogP contribution in [0, 0.1) is 5.92 Å². The Labute approximate surface area is 214 Å². The minimum atomic E-state index is -1.11. The van der Waals surface area contributed by atoms with Crippen molar-refractivity contribution in [3.63, 3.8) is 0 Å². The molecule has 0 aromatic heterocycles. The van der Waals surface area contributed by atoms with Crippen molar-refractivity contribution in [1.29, 1.82) is 0 Å². The minimum absolute atomic E-state index is 0.0111. The molecule has 0 fully saturated rings. The molecular formula is C29H25ClN2O4. The molecule has 2 aliphatic rings. The number of ketones is 1. The number of benzene rings is 3. The van der Waals surface area contributed by atoms with Crippen LogP contribution < -0.4 is 9.75 Å². The molecule has 6 nitrogen and oxygen atoms in total. The van der Waals surface area contributed by atoms with Crippen LogP contribution in [0.25, 0.3) is 0 Å². The number of anilines is 1. The Balaban J connectivity index is 1.49. The first kappa shape index (κ1) is 24.0. The van der Waals surface area contributed by atoms with Gasteiger partial charge in [-0.1, -0.05) is 60.1 Å². The summed E-state index contributed by atoms with van der Waals surface area (Å²) in [6, 6.07) is 23.5. The lowest BCUT2D eigenvalue weighted by Crippen LogP contribution is -2.33. The molecule has 0 spiro atoms. The average Bonchev–Trinajstić information content (AvgIpc) is 3.17. The highest BCUT2D eigenvalue weighted by atomic mass is 35.5. The molecule has 7 heteroatoms. The van der Waals surface area contributed by atoms with Crippen LogP contribution in [0.4, 0.5) is 5.69 Å². The summed E-state index contributed by atoms with van der Waals surface area (Å²) in [6.07, 6.45) is -1.12. The number of fused-ring (bicyclic) bond motifs is 1. The van der Waals surface area contributed by atoms with E-state index in [1.807, 2.05) is 48.5 Å². The van der Waals surface area contributed by atoms with Crippen LogP contribution in [-0.2, 0) is 9.59 Å². The number of carbonyl (C=O) groups excluding carboxylic acids is 2. The second-order valence-corrected chi connectivity index (χ2v) is 9.44. The third-order valence-electron chi connectivity index (χ3n) is 6.72.